The van der Waals surface area contributed by atoms with Crippen LogP contribution in [0.1, 0.15) is 125 Å². The van der Waals surface area contributed by atoms with Gasteiger partial charge in [0.2, 0.25) is 0 Å². The second-order valence-corrected chi connectivity index (χ2v) is 17.8. The SMILES string of the molecule is CC(C)[C@@H](C)/C=C/[C@@H](C)[C@@H]1CC[C@H]2/C(=C/[C@@]3(C)C4=C(CC[C@H](OC(=O)C(C)(C)C)C4)CN4C(=O)[C@H](c5ccccc5)C(=O)N43)CCC[C@@]21C. The Hall–Kier alpha value is -3.15. The van der Waals surface area contributed by atoms with E-state index in [4.69, 9.17) is 4.74 Å². The molecule has 6 nitrogen and oxygen atoms in total. The van der Waals surface area contributed by atoms with Crippen LogP contribution in [0.15, 0.2) is 65.3 Å². The number of rotatable bonds is 7. The summed E-state index contributed by atoms with van der Waals surface area (Å²) in [6, 6.07) is 9.52. The summed E-state index contributed by atoms with van der Waals surface area (Å²) in [6.07, 6.45) is 14.9. The molecule has 266 valence electrons. The van der Waals surface area contributed by atoms with Gasteiger partial charge in [-0.1, -0.05) is 88.8 Å². The minimum absolute atomic E-state index is 0.140. The summed E-state index contributed by atoms with van der Waals surface area (Å²) < 4.78 is 6.13. The molecule has 6 rings (SSSR count). The van der Waals surface area contributed by atoms with Gasteiger partial charge in [-0.3, -0.25) is 14.4 Å². The molecule has 3 aliphatic carbocycles. The van der Waals surface area contributed by atoms with Crippen LogP contribution in [0.25, 0.3) is 0 Å². The maximum Gasteiger partial charge on any atom is 0.311 e. The average molecular weight is 669 g/mol. The van der Waals surface area contributed by atoms with E-state index >= 15 is 0 Å². The summed E-state index contributed by atoms with van der Waals surface area (Å²) in [5, 5.41) is 3.56. The molecule has 6 heteroatoms. The lowest BCUT2D eigenvalue weighted by Gasteiger charge is -2.51. The molecule has 0 bridgehead atoms. The van der Waals surface area contributed by atoms with Crippen molar-refractivity contribution in [1.82, 2.24) is 10.0 Å². The number of allylic oxidation sites excluding steroid dienone is 3. The van der Waals surface area contributed by atoms with Gasteiger partial charge in [0.15, 0.2) is 0 Å². The molecular formula is C43H60N2O4. The number of hydrazine groups is 1. The van der Waals surface area contributed by atoms with Crippen LogP contribution < -0.4 is 0 Å². The zero-order valence-corrected chi connectivity index (χ0v) is 31.6. The lowest BCUT2D eigenvalue weighted by molar-refractivity contribution is -0.161. The van der Waals surface area contributed by atoms with Crippen molar-refractivity contribution >= 4 is 17.8 Å². The molecule has 2 heterocycles. The number of hydrogen-bond acceptors (Lipinski definition) is 4. The number of benzene rings is 1. The fourth-order valence-electron chi connectivity index (χ4n) is 9.92. The van der Waals surface area contributed by atoms with E-state index in [2.05, 4.69) is 59.8 Å². The first-order chi connectivity index (χ1) is 23.1. The Bertz CT molecular complexity index is 1550. The first kappa shape index (κ1) is 35.7. The van der Waals surface area contributed by atoms with Crippen LogP contribution >= 0.6 is 0 Å². The Kier molecular flexibility index (Phi) is 9.60. The molecule has 49 heavy (non-hydrogen) atoms. The summed E-state index contributed by atoms with van der Waals surface area (Å²) in [7, 11) is 0. The molecule has 1 saturated heterocycles. The second-order valence-electron chi connectivity index (χ2n) is 17.8. The molecule has 5 aliphatic rings. The molecule has 0 N–H and O–H groups in total. The van der Waals surface area contributed by atoms with E-state index in [0.29, 0.717) is 42.6 Å². The molecular weight excluding hydrogens is 608 g/mol. The van der Waals surface area contributed by atoms with Gasteiger partial charge in [-0.05, 0) is 124 Å². The van der Waals surface area contributed by atoms with Crippen molar-refractivity contribution in [2.45, 2.75) is 131 Å². The van der Waals surface area contributed by atoms with E-state index in [1.54, 1.807) is 5.01 Å². The third-order valence-electron chi connectivity index (χ3n) is 13.1. The molecule has 3 fully saturated rings. The zero-order valence-electron chi connectivity index (χ0n) is 31.6. The predicted molar refractivity (Wildman–Crippen MR) is 195 cm³/mol. The maximum absolute atomic E-state index is 14.6. The van der Waals surface area contributed by atoms with Crippen molar-refractivity contribution in [2.24, 2.45) is 40.4 Å². The van der Waals surface area contributed by atoms with Crippen LogP contribution in [-0.4, -0.2) is 46.0 Å². The van der Waals surface area contributed by atoms with E-state index in [-0.39, 0.29) is 29.3 Å². The molecule has 0 radical (unpaired) electrons. The number of hydrogen-bond donors (Lipinski definition) is 0. The van der Waals surface area contributed by atoms with Gasteiger partial charge in [-0.2, -0.15) is 0 Å². The highest BCUT2D eigenvalue weighted by molar-refractivity contribution is 6.11. The van der Waals surface area contributed by atoms with Crippen LogP contribution in [0.4, 0.5) is 0 Å². The van der Waals surface area contributed by atoms with Gasteiger partial charge in [0.1, 0.15) is 17.6 Å². The Morgan fingerprint density at radius 3 is 2.35 bits per heavy atom. The minimum Gasteiger partial charge on any atom is -0.462 e. The quantitative estimate of drug-likeness (QED) is 0.165. The third-order valence-corrected chi connectivity index (χ3v) is 13.1. The molecule has 0 aromatic heterocycles. The summed E-state index contributed by atoms with van der Waals surface area (Å²) in [4.78, 5) is 41.8. The van der Waals surface area contributed by atoms with Crippen molar-refractivity contribution in [3.8, 4) is 0 Å². The van der Waals surface area contributed by atoms with Crippen molar-refractivity contribution in [2.75, 3.05) is 6.54 Å². The third kappa shape index (κ3) is 6.35. The summed E-state index contributed by atoms with van der Waals surface area (Å²) >= 11 is 0. The summed E-state index contributed by atoms with van der Waals surface area (Å²) in [5.41, 5.74) is 3.34. The molecule has 2 amide bonds. The molecule has 1 aromatic carbocycles. The largest absolute Gasteiger partial charge is 0.462 e. The van der Waals surface area contributed by atoms with Crippen LogP contribution in [0, 0.1) is 40.4 Å². The molecule has 8 atom stereocenters. The van der Waals surface area contributed by atoms with Gasteiger partial charge < -0.3 is 4.74 Å². The van der Waals surface area contributed by atoms with Gasteiger partial charge in [0.05, 0.1) is 12.0 Å². The first-order valence-electron chi connectivity index (χ1n) is 19.1. The lowest BCUT2D eigenvalue weighted by atomic mass is 9.60. The van der Waals surface area contributed by atoms with Crippen molar-refractivity contribution in [3.63, 3.8) is 0 Å². The molecule has 1 aromatic rings. The van der Waals surface area contributed by atoms with Gasteiger partial charge in [0, 0.05) is 6.42 Å². The zero-order chi connectivity index (χ0) is 35.5. The topological polar surface area (TPSA) is 66.9 Å². The van der Waals surface area contributed by atoms with Gasteiger partial charge in [-0.25, -0.2) is 10.0 Å². The minimum atomic E-state index is -0.844. The predicted octanol–water partition coefficient (Wildman–Crippen LogP) is 9.19. The Balaban J connectivity index is 1.39. The highest BCUT2D eigenvalue weighted by atomic mass is 16.5. The normalized spacial score (nSPS) is 34.0. The lowest BCUT2D eigenvalue weighted by Crippen LogP contribution is -2.60. The number of ether oxygens (including phenoxy) is 1. The van der Waals surface area contributed by atoms with Crippen LogP contribution in [0.5, 0.6) is 0 Å². The number of fused-ring (bicyclic) bond motifs is 2. The van der Waals surface area contributed by atoms with E-state index in [1.165, 1.54) is 24.0 Å². The van der Waals surface area contributed by atoms with Crippen molar-refractivity contribution in [3.05, 3.63) is 70.8 Å². The summed E-state index contributed by atoms with van der Waals surface area (Å²) in [5.74, 6) is 1.42. The smallest absolute Gasteiger partial charge is 0.311 e. The van der Waals surface area contributed by atoms with Crippen molar-refractivity contribution < 1.29 is 19.1 Å². The van der Waals surface area contributed by atoms with Gasteiger partial charge >= 0.3 is 5.97 Å². The van der Waals surface area contributed by atoms with E-state index < -0.39 is 16.9 Å². The van der Waals surface area contributed by atoms with Crippen LogP contribution in [0.3, 0.4) is 0 Å². The molecule has 2 aliphatic heterocycles. The number of carbonyl (C=O) groups excluding carboxylic acids is 3. The van der Waals surface area contributed by atoms with Gasteiger partial charge in [-0.15, -0.1) is 0 Å². The van der Waals surface area contributed by atoms with Crippen molar-refractivity contribution in [1.29, 1.82) is 0 Å². The molecule has 0 unspecified atom stereocenters. The highest BCUT2D eigenvalue weighted by Crippen LogP contribution is 2.60. The molecule has 2 saturated carbocycles. The molecule has 0 spiro atoms. The maximum atomic E-state index is 14.6. The Labute approximate surface area is 295 Å². The average Bonchev–Trinajstić information content (AvgIpc) is 3.53. The van der Waals surface area contributed by atoms with Crippen LogP contribution in [-0.2, 0) is 19.1 Å². The highest BCUT2D eigenvalue weighted by Gasteiger charge is 2.58. The Morgan fingerprint density at radius 1 is 0.959 bits per heavy atom. The fourth-order valence-corrected chi connectivity index (χ4v) is 9.92. The number of esters is 1. The fraction of sp³-hybridized carbons (Fsp3) is 0.651. The first-order valence-corrected chi connectivity index (χ1v) is 19.1. The standard InChI is InChI=1S/C43H60N2O4/c1-27(2)28(3)17-18-29(4)34-21-22-35-31(16-13-23-42(34,35)8)25-43(9)36-24-33(49-40(48)41(5,6)7)20-19-32(36)26-44-38(46)37(39(47)45(43)44)30-14-11-10-12-15-30/h10-12,14-15,17-18,25,27-29,33-35,37H,13,16,19-24,26H2,1-9H3/b18-17+,31-25+/t28-,29+,33-,34-,35-,37-,42+,43-/m0/s1. The van der Waals surface area contributed by atoms with E-state index in [0.717, 1.165) is 43.2 Å². The Morgan fingerprint density at radius 2 is 1.67 bits per heavy atom. The van der Waals surface area contributed by atoms with E-state index in [1.807, 2.05) is 56.1 Å². The van der Waals surface area contributed by atoms with E-state index in [9.17, 15) is 14.4 Å². The summed E-state index contributed by atoms with van der Waals surface area (Å²) in [6.45, 7) is 20.1. The van der Waals surface area contributed by atoms with Crippen LogP contribution in [0.2, 0.25) is 0 Å². The van der Waals surface area contributed by atoms with Gasteiger partial charge in [0.25, 0.3) is 11.8 Å². The number of carbonyl (C=O) groups is 3. The monoisotopic (exact) mass is 668 g/mol. The number of amides is 2. The second kappa shape index (κ2) is 13.2. The number of nitrogens with zero attached hydrogens (tertiary/aromatic N) is 2.